The first-order valence-corrected chi connectivity index (χ1v) is 9.80. The van der Waals surface area contributed by atoms with E-state index in [-0.39, 0.29) is 12.0 Å². The van der Waals surface area contributed by atoms with E-state index in [1.165, 1.54) is 0 Å². The zero-order valence-corrected chi connectivity index (χ0v) is 16.1. The predicted molar refractivity (Wildman–Crippen MR) is 107 cm³/mol. The van der Waals surface area contributed by atoms with Gasteiger partial charge in [-0.3, -0.25) is 15.0 Å². The third kappa shape index (κ3) is 4.57. The van der Waals surface area contributed by atoms with Crippen LogP contribution in [0.3, 0.4) is 0 Å². The van der Waals surface area contributed by atoms with Crippen molar-refractivity contribution in [3.8, 4) is 17.2 Å². The fraction of sp³-hybridized carbons (Fsp3) is 0.409. The molecule has 2 atom stereocenters. The average Bonchev–Trinajstić information content (AvgIpc) is 3.27. The molecule has 4 rings (SSSR count). The molecule has 0 aliphatic carbocycles. The zero-order chi connectivity index (χ0) is 19.2. The maximum atomic E-state index is 6.16. The summed E-state index contributed by atoms with van der Waals surface area (Å²) in [6, 6.07) is 5.60. The van der Waals surface area contributed by atoms with Crippen molar-refractivity contribution >= 4 is 5.71 Å². The van der Waals surface area contributed by atoms with Gasteiger partial charge in [-0.25, -0.2) is 0 Å². The molecule has 2 aromatic rings. The van der Waals surface area contributed by atoms with Gasteiger partial charge in [0, 0.05) is 36.9 Å². The smallest absolute Gasteiger partial charge is 0.149 e. The van der Waals surface area contributed by atoms with Crippen molar-refractivity contribution in [3.05, 3.63) is 54.6 Å². The third-order valence-corrected chi connectivity index (χ3v) is 4.98. The van der Waals surface area contributed by atoms with Gasteiger partial charge in [-0.15, -0.1) is 0 Å². The van der Waals surface area contributed by atoms with E-state index >= 15 is 0 Å². The van der Waals surface area contributed by atoms with Crippen LogP contribution in [0.2, 0.25) is 0 Å². The summed E-state index contributed by atoms with van der Waals surface area (Å²) in [5, 5.41) is 0. The number of dihydropyridines is 1. The second kappa shape index (κ2) is 8.97. The van der Waals surface area contributed by atoms with Crippen LogP contribution in [-0.4, -0.2) is 41.5 Å². The number of nitrogens with zero attached hydrogens (tertiary/aromatic N) is 3. The third-order valence-electron chi connectivity index (χ3n) is 4.98. The minimum absolute atomic E-state index is 0.0805. The molecule has 0 aromatic carbocycles. The van der Waals surface area contributed by atoms with Crippen LogP contribution in [0, 0.1) is 0 Å². The molecule has 6 heteroatoms. The van der Waals surface area contributed by atoms with Crippen LogP contribution in [0.15, 0.2) is 53.9 Å². The Bertz CT molecular complexity index is 845. The lowest BCUT2D eigenvalue weighted by Gasteiger charge is -2.20. The second-order valence-electron chi connectivity index (χ2n) is 7.02. The lowest BCUT2D eigenvalue weighted by Crippen LogP contribution is -2.19. The highest BCUT2D eigenvalue weighted by Crippen LogP contribution is 2.32. The van der Waals surface area contributed by atoms with Gasteiger partial charge in [0.25, 0.3) is 0 Å². The SMILES string of the molecule is C[C@@H](C1=NCC=CC1)c1ncc(Oc2cccnc2)cc1OCC1CCCO1. The maximum absolute atomic E-state index is 6.16. The molecule has 1 saturated heterocycles. The van der Waals surface area contributed by atoms with Crippen molar-refractivity contribution in [3.63, 3.8) is 0 Å². The Hall–Kier alpha value is -2.73. The Morgan fingerprint density at radius 2 is 2.21 bits per heavy atom. The quantitative estimate of drug-likeness (QED) is 0.670. The monoisotopic (exact) mass is 379 g/mol. The van der Waals surface area contributed by atoms with Crippen molar-refractivity contribution in [2.45, 2.75) is 38.2 Å². The molecule has 28 heavy (non-hydrogen) atoms. The van der Waals surface area contributed by atoms with E-state index < -0.39 is 0 Å². The van der Waals surface area contributed by atoms with Crippen molar-refractivity contribution < 1.29 is 14.2 Å². The van der Waals surface area contributed by atoms with Gasteiger partial charge in [-0.05, 0) is 25.0 Å². The van der Waals surface area contributed by atoms with Crippen LogP contribution in [0.1, 0.15) is 37.8 Å². The van der Waals surface area contributed by atoms with Crippen LogP contribution >= 0.6 is 0 Å². The van der Waals surface area contributed by atoms with E-state index in [2.05, 4.69) is 34.0 Å². The zero-order valence-electron chi connectivity index (χ0n) is 16.1. The molecule has 0 amide bonds. The van der Waals surface area contributed by atoms with Gasteiger partial charge in [0.2, 0.25) is 0 Å². The molecule has 0 saturated carbocycles. The first-order valence-electron chi connectivity index (χ1n) is 9.80. The molecule has 0 spiro atoms. The average molecular weight is 379 g/mol. The largest absolute Gasteiger partial charge is 0.489 e. The van der Waals surface area contributed by atoms with Crippen molar-refractivity contribution in [2.24, 2.45) is 4.99 Å². The molecule has 1 fully saturated rings. The minimum atomic E-state index is 0.0805. The predicted octanol–water partition coefficient (Wildman–Crippen LogP) is 4.33. The number of allylic oxidation sites excluding steroid dienone is 1. The Labute approximate surface area is 165 Å². The van der Waals surface area contributed by atoms with Crippen molar-refractivity contribution in [1.29, 1.82) is 0 Å². The molecular weight excluding hydrogens is 354 g/mol. The normalized spacial score (nSPS) is 19.9. The van der Waals surface area contributed by atoms with Gasteiger partial charge in [0.15, 0.2) is 0 Å². The van der Waals surface area contributed by atoms with Crippen LogP contribution in [0.4, 0.5) is 0 Å². The van der Waals surface area contributed by atoms with Crippen LogP contribution in [0.5, 0.6) is 17.2 Å². The fourth-order valence-corrected chi connectivity index (χ4v) is 3.42. The lowest BCUT2D eigenvalue weighted by atomic mass is 9.96. The van der Waals surface area contributed by atoms with Crippen molar-refractivity contribution in [2.75, 3.05) is 19.8 Å². The first kappa shape index (κ1) is 18.6. The summed E-state index contributed by atoms with van der Waals surface area (Å²) in [7, 11) is 0. The maximum Gasteiger partial charge on any atom is 0.149 e. The molecule has 146 valence electrons. The first-order chi connectivity index (χ1) is 13.8. The highest BCUT2D eigenvalue weighted by atomic mass is 16.5. The van der Waals surface area contributed by atoms with Gasteiger partial charge in [0.1, 0.15) is 23.9 Å². The molecule has 2 aliphatic rings. The molecule has 0 bridgehead atoms. The number of pyridine rings is 2. The molecule has 6 nitrogen and oxygen atoms in total. The number of rotatable bonds is 7. The van der Waals surface area contributed by atoms with E-state index in [0.29, 0.717) is 18.1 Å². The summed E-state index contributed by atoms with van der Waals surface area (Å²) in [5.74, 6) is 2.09. The van der Waals surface area contributed by atoms with E-state index in [1.54, 1.807) is 18.6 Å². The summed E-state index contributed by atoms with van der Waals surface area (Å²) >= 11 is 0. The van der Waals surface area contributed by atoms with E-state index in [0.717, 1.165) is 49.6 Å². The minimum Gasteiger partial charge on any atom is -0.489 e. The number of ether oxygens (including phenoxy) is 3. The number of aliphatic imine (C=N–C) groups is 1. The Morgan fingerprint density at radius 3 is 2.96 bits per heavy atom. The van der Waals surface area contributed by atoms with Gasteiger partial charge in [-0.2, -0.15) is 0 Å². The number of aromatic nitrogens is 2. The Kier molecular flexibility index (Phi) is 5.97. The summed E-state index contributed by atoms with van der Waals surface area (Å²) in [6.45, 7) is 4.18. The molecule has 4 heterocycles. The lowest BCUT2D eigenvalue weighted by molar-refractivity contribution is 0.0673. The van der Waals surface area contributed by atoms with Crippen LogP contribution in [0.25, 0.3) is 0 Å². The van der Waals surface area contributed by atoms with Gasteiger partial charge < -0.3 is 14.2 Å². The standard InChI is InChI=1S/C22H25N3O3/c1-16(20-8-2-3-10-24-20)22-21(27-15-18-7-5-11-26-18)12-19(14-25-22)28-17-6-4-9-23-13-17/h2-4,6,9,12-14,16,18H,5,7-8,10-11,15H2,1H3/t16-,18?/m0/s1. The molecule has 0 N–H and O–H groups in total. The van der Waals surface area contributed by atoms with E-state index in [1.807, 2.05) is 18.2 Å². The Balaban J connectivity index is 1.56. The number of hydrogen-bond acceptors (Lipinski definition) is 6. The second-order valence-corrected chi connectivity index (χ2v) is 7.02. The van der Waals surface area contributed by atoms with Gasteiger partial charge in [-0.1, -0.05) is 19.1 Å². The summed E-state index contributed by atoms with van der Waals surface area (Å²) in [5.41, 5.74) is 2.00. The summed E-state index contributed by atoms with van der Waals surface area (Å²) < 4.78 is 17.7. The van der Waals surface area contributed by atoms with Gasteiger partial charge >= 0.3 is 0 Å². The molecule has 0 radical (unpaired) electrons. The van der Waals surface area contributed by atoms with E-state index in [9.17, 15) is 0 Å². The van der Waals surface area contributed by atoms with Crippen molar-refractivity contribution in [1.82, 2.24) is 9.97 Å². The highest BCUT2D eigenvalue weighted by molar-refractivity contribution is 5.92. The molecule has 1 unspecified atom stereocenters. The van der Waals surface area contributed by atoms with Crippen LogP contribution in [-0.2, 0) is 4.74 Å². The molecule has 2 aliphatic heterocycles. The topological polar surface area (TPSA) is 65.8 Å². The summed E-state index contributed by atoms with van der Waals surface area (Å²) in [4.78, 5) is 13.4. The highest BCUT2D eigenvalue weighted by Gasteiger charge is 2.22. The Morgan fingerprint density at radius 1 is 1.25 bits per heavy atom. The number of hydrogen-bond donors (Lipinski definition) is 0. The van der Waals surface area contributed by atoms with Gasteiger partial charge in [0.05, 0.1) is 30.7 Å². The fourth-order valence-electron chi connectivity index (χ4n) is 3.42. The van der Waals surface area contributed by atoms with Crippen LogP contribution < -0.4 is 9.47 Å². The van der Waals surface area contributed by atoms with E-state index in [4.69, 9.17) is 14.2 Å². The molecular formula is C22H25N3O3. The summed E-state index contributed by atoms with van der Waals surface area (Å²) in [6.07, 6.45) is 12.5. The molecule has 2 aromatic heterocycles.